The maximum absolute atomic E-state index is 10.8. The van der Waals surface area contributed by atoms with Gasteiger partial charge in [0.25, 0.3) is 0 Å². The van der Waals surface area contributed by atoms with E-state index in [2.05, 4.69) is 4.98 Å². The summed E-state index contributed by atoms with van der Waals surface area (Å²) in [6.07, 6.45) is 2.65. The van der Waals surface area contributed by atoms with Gasteiger partial charge >= 0.3 is 5.97 Å². The van der Waals surface area contributed by atoms with Crippen LogP contribution in [0.4, 0.5) is 0 Å². The summed E-state index contributed by atoms with van der Waals surface area (Å²) in [5.74, 6) is -0.765. The van der Waals surface area contributed by atoms with E-state index in [4.69, 9.17) is 9.84 Å². The van der Waals surface area contributed by atoms with Gasteiger partial charge in [0, 0.05) is 6.20 Å². The van der Waals surface area contributed by atoms with E-state index >= 15 is 0 Å². The van der Waals surface area contributed by atoms with Gasteiger partial charge in [0.05, 0.1) is 11.8 Å². The van der Waals surface area contributed by atoms with Crippen molar-refractivity contribution in [3.8, 4) is 5.75 Å². The number of benzene rings is 1. The maximum atomic E-state index is 10.8. The maximum Gasteiger partial charge on any atom is 0.337 e. The lowest BCUT2D eigenvalue weighted by Crippen LogP contribution is -2.29. The number of aliphatic hydroxyl groups is 1. The normalized spacial score (nSPS) is 13.5. The number of carbonyl (C=O) groups is 1. The average molecular weight is 273 g/mol. The van der Waals surface area contributed by atoms with E-state index in [1.54, 1.807) is 19.1 Å². The average Bonchev–Trinajstić information content (AvgIpc) is 2.46. The Morgan fingerprint density at radius 3 is 2.65 bits per heavy atom. The first-order valence-electron chi connectivity index (χ1n) is 6.08. The summed E-state index contributed by atoms with van der Waals surface area (Å²) < 4.78 is 5.44. The smallest absolute Gasteiger partial charge is 0.337 e. The standard InChI is InChI=1S/C15H15NO4/c1-15(19,12-5-3-2-4-6-12)10-20-13-7-11(14(17)18)8-16-9-13/h2-9,19H,10H2,1H3,(H,17,18). The number of hydrogen-bond acceptors (Lipinski definition) is 4. The Kier molecular flexibility index (Phi) is 4.00. The first-order chi connectivity index (χ1) is 9.49. The fraction of sp³-hybridized carbons (Fsp3) is 0.200. The monoisotopic (exact) mass is 273 g/mol. The van der Waals surface area contributed by atoms with Crippen LogP contribution in [-0.4, -0.2) is 27.8 Å². The summed E-state index contributed by atoms with van der Waals surface area (Å²) in [4.78, 5) is 14.6. The van der Waals surface area contributed by atoms with E-state index in [9.17, 15) is 9.90 Å². The molecule has 0 saturated carbocycles. The predicted molar refractivity (Wildman–Crippen MR) is 72.7 cm³/mol. The van der Waals surface area contributed by atoms with Gasteiger partial charge < -0.3 is 14.9 Å². The molecule has 0 aliphatic carbocycles. The van der Waals surface area contributed by atoms with Crippen molar-refractivity contribution in [2.75, 3.05) is 6.61 Å². The van der Waals surface area contributed by atoms with Crippen LogP contribution >= 0.6 is 0 Å². The second-order valence-electron chi connectivity index (χ2n) is 4.64. The number of carboxylic acid groups (broad SMARTS) is 1. The lowest BCUT2D eigenvalue weighted by molar-refractivity contribution is 0.00746. The molecular weight excluding hydrogens is 258 g/mol. The molecule has 0 aliphatic rings. The number of hydrogen-bond donors (Lipinski definition) is 2. The molecule has 5 nitrogen and oxygen atoms in total. The molecule has 0 bridgehead atoms. The second-order valence-corrected chi connectivity index (χ2v) is 4.64. The minimum atomic E-state index is -1.17. The molecule has 0 amide bonds. The van der Waals surface area contributed by atoms with E-state index in [1.165, 1.54) is 18.5 Å². The minimum absolute atomic E-state index is 0.00175. The summed E-state index contributed by atoms with van der Waals surface area (Å²) in [6.45, 7) is 1.64. The number of rotatable bonds is 5. The third kappa shape index (κ3) is 3.33. The van der Waals surface area contributed by atoms with E-state index < -0.39 is 11.6 Å². The lowest BCUT2D eigenvalue weighted by Gasteiger charge is -2.23. The predicted octanol–water partition coefficient (Wildman–Crippen LogP) is 2.07. The van der Waals surface area contributed by atoms with E-state index in [-0.39, 0.29) is 12.2 Å². The summed E-state index contributed by atoms with van der Waals surface area (Å²) >= 11 is 0. The summed E-state index contributed by atoms with van der Waals surface area (Å²) in [7, 11) is 0. The van der Waals surface area contributed by atoms with Gasteiger partial charge in [0.1, 0.15) is 18.0 Å². The van der Waals surface area contributed by atoms with Crippen LogP contribution in [-0.2, 0) is 5.60 Å². The zero-order chi connectivity index (χ0) is 14.6. The fourth-order valence-corrected chi connectivity index (χ4v) is 1.72. The van der Waals surface area contributed by atoms with Crippen LogP contribution in [0.25, 0.3) is 0 Å². The molecule has 104 valence electrons. The summed E-state index contributed by atoms with van der Waals surface area (Å²) in [6, 6.07) is 10.5. The zero-order valence-corrected chi connectivity index (χ0v) is 11.0. The van der Waals surface area contributed by atoms with Crippen LogP contribution in [0.2, 0.25) is 0 Å². The Morgan fingerprint density at radius 2 is 2.00 bits per heavy atom. The molecule has 0 radical (unpaired) electrons. The van der Waals surface area contributed by atoms with Crippen molar-refractivity contribution in [3.63, 3.8) is 0 Å². The third-order valence-corrected chi connectivity index (χ3v) is 2.88. The number of aromatic carboxylic acids is 1. The first-order valence-corrected chi connectivity index (χ1v) is 6.08. The van der Waals surface area contributed by atoms with Crippen LogP contribution in [0.15, 0.2) is 48.8 Å². The Balaban J connectivity index is 2.08. The van der Waals surface area contributed by atoms with Gasteiger partial charge in [-0.25, -0.2) is 4.79 Å². The Hall–Kier alpha value is -2.40. The molecule has 0 spiro atoms. The SMILES string of the molecule is CC(O)(COc1cncc(C(=O)O)c1)c1ccccc1. The fourth-order valence-electron chi connectivity index (χ4n) is 1.72. The van der Waals surface area contributed by atoms with Crippen LogP contribution < -0.4 is 4.74 Å². The van der Waals surface area contributed by atoms with Gasteiger partial charge in [-0.3, -0.25) is 4.98 Å². The van der Waals surface area contributed by atoms with Crippen LogP contribution in [0.3, 0.4) is 0 Å². The van der Waals surface area contributed by atoms with Gasteiger partial charge in [-0.1, -0.05) is 30.3 Å². The molecule has 1 atom stereocenters. The number of aromatic nitrogens is 1. The molecular formula is C15H15NO4. The number of pyridine rings is 1. The third-order valence-electron chi connectivity index (χ3n) is 2.88. The highest BCUT2D eigenvalue weighted by atomic mass is 16.5. The molecule has 1 heterocycles. The van der Waals surface area contributed by atoms with Gasteiger partial charge in [0.2, 0.25) is 0 Å². The highest BCUT2D eigenvalue weighted by molar-refractivity contribution is 5.87. The van der Waals surface area contributed by atoms with Crippen molar-refractivity contribution < 1.29 is 19.7 Å². The molecule has 0 aliphatic heterocycles. The van der Waals surface area contributed by atoms with Crippen LogP contribution in [0.1, 0.15) is 22.8 Å². The second kappa shape index (κ2) is 5.71. The molecule has 2 aromatic rings. The van der Waals surface area contributed by atoms with E-state index in [0.29, 0.717) is 5.75 Å². The molecule has 0 fully saturated rings. The highest BCUT2D eigenvalue weighted by Gasteiger charge is 2.24. The van der Waals surface area contributed by atoms with Crippen molar-refractivity contribution in [3.05, 3.63) is 59.9 Å². The molecule has 1 aromatic heterocycles. The van der Waals surface area contributed by atoms with Gasteiger partial charge in [-0.2, -0.15) is 0 Å². The summed E-state index contributed by atoms with van der Waals surface area (Å²) in [5, 5.41) is 19.2. The van der Waals surface area contributed by atoms with E-state index in [1.807, 2.05) is 18.2 Å². The number of ether oxygens (including phenoxy) is 1. The van der Waals surface area contributed by atoms with E-state index in [0.717, 1.165) is 5.56 Å². The summed E-state index contributed by atoms with van der Waals surface area (Å²) in [5.41, 5.74) is -0.398. The van der Waals surface area contributed by atoms with Crippen molar-refractivity contribution in [1.29, 1.82) is 0 Å². The first kappa shape index (κ1) is 14.0. The van der Waals surface area contributed by atoms with Crippen LogP contribution in [0, 0.1) is 0 Å². The molecule has 0 saturated heterocycles. The minimum Gasteiger partial charge on any atom is -0.489 e. The van der Waals surface area contributed by atoms with Crippen LogP contribution in [0.5, 0.6) is 5.75 Å². The Labute approximate surface area is 116 Å². The molecule has 1 aromatic carbocycles. The Morgan fingerprint density at radius 1 is 1.30 bits per heavy atom. The quantitative estimate of drug-likeness (QED) is 0.871. The molecule has 2 N–H and O–H groups in total. The topological polar surface area (TPSA) is 79.7 Å². The molecule has 5 heteroatoms. The van der Waals surface area contributed by atoms with Crippen molar-refractivity contribution in [2.45, 2.75) is 12.5 Å². The van der Waals surface area contributed by atoms with Crippen molar-refractivity contribution in [2.24, 2.45) is 0 Å². The van der Waals surface area contributed by atoms with Crippen molar-refractivity contribution in [1.82, 2.24) is 4.98 Å². The molecule has 2 rings (SSSR count). The highest BCUT2D eigenvalue weighted by Crippen LogP contribution is 2.22. The largest absolute Gasteiger partial charge is 0.489 e. The van der Waals surface area contributed by atoms with Gasteiger partial charge in [-0.05, 0) is 18.6 Å². The lowest BCUT2D eigenvalue weighted by atomic mass is 9.97. The van der Waals surface area contributed by atoms with Gasteiger partial charge in [0.15, 0.2) is 0 Å². The molecule has 20 heavy (non-hydrogen) atoms. The Bertz CT molecular complexity index is 596. The zero-order valence-electron chi connectivity index (χ0n) is 11.0. The number of nitrogens with zero attached hydrogens (tertiary/aromatic N) is 1. The number of carboxylic acids is 1. The van der Waals surface area contributed by atoms with Gasteiger partial charge in [-0.15, -0.1) is 0 Å². The molecule has 1 unspecified atom stereocenters. The van der Waals surface area contributed by atoms with Crippen molar-refractivity contribution >= 4 is 5.97 Å².